The van der Waals surface area contributed by atoms with Gasteiger partial charge in [0.25, 0.3) is 0 Å². The van der Waals surface area contributed by atoms with Gasteiger partial charge in [-0.1, -0.05) is 0 Å². The van der Waals surface area contributed by atoms with Gasteiger partial charge in [0, 0.05) is 34.3 Å². The van der Waals surface area contributed by atoms with E-state index in [9.17, 15) is 14.4 Å². The average Bonchev–Trinajstić information content (AvgIpc) is 3.12. The molecule has 7 nitrogen and oxygen atoms in total. The van der Waals surface area contributed by atoms with E-state index in [2.05, 4.69) is 10.6 Å². The quantitative estimate of drug-likeness (QED) is 0.329. The SMILES string of the molecule is CCOC(=O)C1=C(CSCCNC=O)NC(C)=C(C(=O)OC)C1c1sccc1C. The summed E-state index contributed by atoms with van der Waals surface area (Å²) >= 11 is 3.07. The maximum atomic E-state index is 13.0. The minimum atomic E-state index is -0.550. The van der Waals surface area contributed by atoms with E-state index in [1.807, 2.05) is 25.3 Å². The number of aryl methyl sites for hydroxylation is 1. The number of dihydropyridines is 1. The molecule has 1 aromatic rings. The van der Waals surface area contributed by atoms with Gasteiger partial charge in [0.15, 0.2) is 0 Å². The molecule has 1 amide bonds. The van der Waals surface area contributed by atoms with E-state index in [1.165, 1.54) is 18.4 Å². The minimum Gasteiger partial charge on any atom is -0.466 e. The van der Waals surface area contributed by atoms with Gasteiger partial charge in [-0.3, -0.25) is 4.79 Å². The highest BCUT2D eigenvalue weighted by Crippen LogP contribution is 2.43. The first-order valence-electron chi connectivity index (χ1n) is 9.21. The fraction of sp³-hybridized carbons (Fsp3) is 0.450. The molecule has 1 unspecified atom stereocenters. The lowest BCUT2D eigenvalue weighted by Crippen LogP contribution is -2.34. The molecule has 29 heavy (non-hydrogen) atoms. The van der Waals surface area contributed by atoms with Crippen LogP contribution < -0.4 is 10.6 Å². The molecule has 2 heterocycles. The molecule has 0 saturated carbocycles. The summed E-state index contributed by atoms with van der Waals surface area (Å²) in [5.41, 5.74) is 3.21. The lowest BCUT2D eigenvalue weighted by atomic mass is 9.83. The first kappa shape index (κ1) is 23.0. The molecule has 2 rings (SSSR count). The van der Waals surface area contributed by atoms with Crippen LogP contribution in [0.25, 0.3) is 0 Å². The van der Waals surface area contributed by atoms with E-state index in [0.29, 0.717) is 47.0 Å². The zero-order valence-electron chi connectivity index (χ0n) is 17.0. The van der Waals surface area contributed by atoms with Crippen LogP contribution in [0.2, 0.25) is 0 Å². The molecule has 0 aromatic carbocycles. The molecule has 9 heteroatoms. The second-order valence-electron chi connectivity index (χ2n) is 6.29. The lowest BCUT2D eigenvalue weighted by Gasteiger charge is -2.31. The van der Waals surface area contributed by atoms with Crippen LogP contribution in [-0.4, -0.2) is 50.1 Å². The van der Waals surface area contributed by atoms with Crippen LogP contribution in [0, 0.1) is 6.92 Å². The number of thiophene rings is 1. The van der Waals surface area contributed by atoms with Crippen molar-refractivity contribution in [3.8, 4) is 0 Å². The Morgan fingerprint density at radius 3 is 2.66 bits per heavy atom. The number of thioether (sulfide) groups is 1. The van der Waals surface area contributed by atoms with Crippen molar-refractivity contribution in [2.45, 2.75) is 26.7 Å². The molecule has 1 aromatic heterocycles. The maximum absolute atomic E-state index is 13.0. The van der Waals surface area contributed by atoms with Crippen LogP contribution in [0.15, 0.2) is 34.0 Å². The van der Waals surface area contributed by atoms with Gasteiger partial charge in [-0.05, 0) is 37.8 Å². The summed E-state index contributed by atoms with van der Waals surface area (Å²) in [7, 11) is 1.33. The van der Waals surface area contributed by atoms with E-state index >= 15 is 0 Å². The van der Waals surface area contributed by atoms with Crippen molar-refractivity contribution >= 4 is 41.4 Å². The number of ether oxygens (including phenoxy) is 2. The molecule has 1 aliphatic rings. The molecule has 158 valence electrons. The number of carbonyl (C=O) groups excluding carboxylic acids is 3. The zero-order valence-corrected chi connectivity index (χ0v) is 18.6. The van der Waals surface area contributed by atoms with Gasteiger partial charge in [-0.2, -0.15) is 11.8 Å². The monoisotopic (exact) mass is 438 g/mol. The molecule has 0 fully saturated rings. The third kappa shape index (κ3) is 5.42. The van der Waals surface area contributed by atoms with Gasteiger partial charge in [-0.25, -0.2) is 9.59 Å². The van der Waals surface area contributed by atoms with Crippen LogP contribution >= 0.6 is 23.1 Å². The Kier molecular flexibility index (Phi) is 8.78. The van der Waals surface area contributed by atoms with Gasteiger partial charge < -0.3 is 20.1 Å². The molecule has 0 aliphatic carbocycles. The Bertz CT molecular complexity index is 829. The van der Waals surface area contributed by atoms with Crippen molar-refractivity contribution in [3.63, 3.8) is 0 Å². The highest BCUT2D eigenvalue weighted by molar-refractivity contribution is 7.99. The van der Waals surface area contributed by atoms with Crippen molar-refractivity contribution < 1.29 is 23.9 Å². The molecule has 0 radical (unpaired) electrons. The van der Waals surface area contributed by atoms with Crippen molar-refractivity contribution in [3.05, 3.63) is 44.4 Å². The molecule has 0 bridgehead atoms. The van der Waals surface area contributed by atoms with E-state index in [4.69, 9.17) is 9.47 Å². The number of esters is 2. The molecule has 2 N–H and O–H groups in total. The lowest BCUT2D eigenvalue weighted by molar-refractivity contribution is -0.139. The molecular weight excluding hydrogens is 412 g/mol. The number of hydrogen-bond donors (Lipinski definition) is 2. The number of hydrogen-bond acceptors (Lipinski definition) is 8. The van der Waals surface area contributed by atoms with Crippen molar-refractivity contribution in [1.29, 1.82) is 0 Å². The summed E-state index contributed by atoms with van der Waals surface area (Å²) in [6.07, 6.45) is 0.661. The first-order valence-corrected chi connectivity index (χ1v) is 11.2. The Morgan fingerprint density at radius 2 is 2.07 bits per heavy atom. The average molecular weight is 439 g/mol. The van der Waals surface area contributed by atoms with Crippen molar-refractivity contribution in [2.24, 2.45) is 0 Å². The van der Waals surface area contributed by atoms with Crippen LogP contribution in [-0.2, 0) is 23.9 Å². The largest absolute Gasteiger partial charge is 0.466 e. The van der Waals surface area contributed by atoms with Crippen LogP contribution in [0.5, 0.6) is 0 Å². The fourth-order valence-electron chi connectivity index (χ4n) is 3.15. The zero-order chi connectivity index (χ0) is 21.4. The second-order valence-corrected chi connectivity index (χ2v) is 8.35. The summed E-state index contributed by atoms with van der Waals surface area (Å²) in [6, 6.07) is 1.97. The van der Waals surface area contributed by atoms with E-state index in [-0.39, 0.29) is 6.61 Å². The second kappa shape index (κ2) is 11.1. The first-order chi connectivity index (χ1) is 14.0. The molecular formula is C20H26N2O5S2. The van der Waals surface area contributed by atoms with Crippen LogP contribution in [0.4, 0.5) is 0 Å². The highest BCUT2D eigenvalue weighted by atomic mass is 32.2. The minimum absolute atomic E-state index is 0.235. The summed E-state index contributed by atoms with van der Waals surface area (Å²) in [4.78, 5) is 36.9. The highest BCUT2D eigenvalue weighted by Gasteiger charge is 2.39. The number of carbonyl (C=O) groups is 3. The van der Waals surface area contributed by atoms with Crippen LogP contribution in [0.3, 0.4) is 0 Å². The Labute approximate surface area is 178 Å². The van der Waals surface area contributed by atoms with Gasteiger partial charge in [0.2, 0.25) is 6.41 Å². The smallest absolute Gasteiger partial charge is 0.336 e. The maximum Gasteiger partial charge on any atom is 0.336 e. The summed E-state index contributed by atoms with van der Waals surface area (Å²) < 4.78 is 10.4. The third-order valence-electron chi connectivity index (χ3n) is 4.43. The van der Waals surface area contributed by atoms with Crippen LogP contribution in [0.1, 0.15) is 30.2 Å². The van der Waals surface area contributed by atoms with E-state index in [0.717, 1.165) is 10.4 Å². The number of amides is 1. The normalized spacial score (nSPS) is 16.3. The molecule has 1 aliphatic heterocycles. The van der Waals surface area contributed by atoms with Crippen molar-refractivity contribution in [1.82, 2.24) is 10.6 Å². The van der Waals surface area contributed by atoms with E-state index < -0.39 is 17.9 Å². The number of nitrogens with one attached hydrogen (secondary N) is 2. The van der Waals surface area contributed by atoms with Gasteiger partial charge >= 0.3 is 11.9 Å². The standard InChI is InChI=1S/C20H26N2O5S2/c1-5-27-20(25)16-14(10-28-9-7-21-11-23)22-13(3)15(19(24)26-4)17(16)18-12(2)6-8-29-18/h6,8,11,17,22H,5,7,9-10H2,1-4H3,(H,21,23). The fourth-order valence-corrected chi connectivity index (χ4v) is 5.03. The molecule has 0 saturated heterocycles. The molecule has 0 spiro atoms. The van der Waals surface area contributed by atoms with E-state index in [1.54, 1.807) is 18.7 Å². The Morgan fingerprint density at radius 1 is 1.31 bits per heavy atom. The number of rotatable bonds is 10. The summed E-state index contributed by atoms with van der Waals surface area (Å²) in [5, 5.41) is 7.79. The predicted molar refractivity (Wildman–Crippen MR) is 115 cm³/mol. The predicted octanol–water partition coefficient (Wildman–Crippen LogP) is 2.49. The number of allylic oxidation sites excluding steroid dienone is 1. The topological polar surface area (TPSA) is 93.7 Å². The van der Waals surface area contributed by atoms with Crippen molar-refractivity contribution in [2.75, 3.05) is 31.8 Å². The van der Waals surface area contributed by atoms with Gasteiger partial charge in [-0.15, -0.1) is 11.3 Å². The number of methoxy groups -OCH3 is 1. The summed E-state index contributed by atoms with van der Waals surface area (Å²) in [5.74, 6) is -0.271. The third-order valence-corrected chi connectivity index (χ3v) is 6.50. The Balaban J connectivity index is 2.51. The van der Waals surface area contributed by atoms with Gasteiger partial charge in [0.1, 0.15) is 0 Å². The van der Waals surface area contributed by atoms with Gasteiger partial charge in [0.05, 0.1) is 30.8 Å². The molecule has 1 atom stereocenters. The summed E-state index contributed by atoms with van der Waals surface area (Å²) in [6.45, 7) is 6.29. The Hall–Kier alpha value is -2.26.